The lowest BCUT2D eigenvalue weighted by Crippen LogP contribution is -2.48. The van der Waals surface area contributed by atoms with Crippen molar-refractivity contribution in [3.05, 3.63) is 52.2 Å². The minimum atomic E-state index is -0.426. The highest BCUT2D eigenvalue weighted by Crippen LogP contribution is 2.28. The zero-order valence-corrected chi connectivity index (χ0v) is 13.9. The number of hydrogen-bond acceptors (Lipinski definition) is 6. The molecule has 7 nitrogen and oxygen atoms in total. The van der Waals surface area contributed by atoms with E-state index in [1.165, 1.54) is 11.8 Å². The number of hydrogen-bond donors (Lipinski definition) is 0. The van der Waals surface area contributed by atoms with Crippen molar-refractivity contribution in [2.45, 2.75) is 12.8 Å². The Hall–Kier alpha value is -2.48. The number of aryl methyl sites for hydroxylation is 1. The number of carbonyl (C=O) groups excluding carboxylic acids is 1. The molecule has 1 aliphatic rings. The Bertz CT molecular complexity index is 711. The summed E-state index contributed by atoms with van der Waals surface area (Å²) in [5.41, 5.74) is 1.17. The van der Waals surface area contributed by atoms with E-state index in [1.807, 2.05) is 40.1 Å². The van der Waals surface area contributed by atoms with Gasteiger partial charge < -0.3 is 9.80 Å². The van der Waals surface area contributed by atoms with E-state index < -0.39 is 4.92 Å². The fraction of sp³-hybridized carbons (Fsp3) is 0.375. The van der Waals surface area contributed by atoms with Crippen molar-refractivity contribution in [1.29, 1.82) is 0 Å². The molecular formula is C16H18N4O3S. The highest BCUT2D eigenvalue weighted by Gasteiger charge is 2.24. The van der Waals surface area contributed by atoms with Crippen LogP contribution in [0.1, 0.15) is 12.0 Å². The van der Waals surface area contributed by atoms with E-state index in [-0.39, 0.29) is 10.9 Å². The van der Waals surface area contributed by atoms with Crippen LogP contribution in [0.5, 0.6) is 0 Å². The number of nitro groups is 1. The van der Waals surface area contributed by atoms with Crippen LogP contribution in [0.25, 0.3) is 0 Å². The quantitative estimate of drug-likeness (QED) is 0.613. The van der Waals surface area contributed by atoms with Crippen LogP contribution in [0.3, 0.4) is 0 Å². The topological polar surface area (TPSA) is 79.6 Å². The van der Waals surface area contributed by atoms with Crippen LogP contribution < -0.4 is 4.90 Å². The Kier molecular flexibility index (Phi) is 5.05. The lowest BCUT2D eigenvalue weighted by Gasteiger charge is -2.34. The third-order valence-electron chi connectivity index (χ3n) is 4.03. The third-order valence-corrected chi connectivity index (χ3v) is 5.04. The fourth-order valence-corrected chi connectivity index (χ4v) is 3.47. The molecule has 1 aliphatic heterocycles. The van der Waals surface area contributed by atoms with Crippen LogP contribution in [0.4, 0.5) is 10.1 Å². The molecule has 24 heavy (non-hydrogen) atoms. The maximum absolute atomic E-state index is 12.3. The van der Waals surface area contributed by atoms with Crippen LogP contribution in [-0.4, -0.2) is 46.9 Å². The summed E-state index contributed by atoms with van der Waals surface area (Å²) < 4.78 is 0. The van der Waals surface area contributed by atoms with Gasteiger partial charge in [-0.3, -0.25) is 14.9 Å². The molecule has 1 aromatic heterocycles. The molecular weight excluding hydrogens is 328 g/mol. The van der Waals surface area contributed by atoms with E-state index in [1.54, 1.807) is 0 Å². The number of piperazine rings is 1. The second-order valence-corrected chi connectivity index (χ2v) is 6.58. The largest absolute Gasteiger partial charge is 0.345 e. The van der Waals surface area contributed by atoms with Gasteiger partial charge >= 0.3 is 5.00 Å². The van der Waals surface area contributed by atoms with Gasteiger partial charge in [0.1, 0.15) is 6.20 Å². The fourth-order valence-electron chi connectivity index (χ4n) is 2.69. The Morgan fingerprint density at radius 3 is 2.54 bits per heavy atom. The Morgan fingerprint density at radius 2 is 1.92 bits per heavy atom. The second kappa shape index (κ2) is 7.39. The highest BCUT2D eigenvalue weighted by molar-refractivity contribution is 7.18. The summed E-state index contributed by atoms with van der Waals surface area (Å²) in [5, 5.41) is 11.4. The normalized spacial score (nSPS) is 14.7. The summed E-state index contributed by atoms with van der Waals surface area (Å²) in [6.07, 6.45) is 2.54. The molecule has 0 unspecified atom stereocenters. The molecule has 0 saturated carbocycles. The van der Waals surface area contributed by atoms with Gasteiger partial charge in [0.05, 0.1) is 4.92 Å². The predicted molar refractivity (Wildman–Crippen MR) is 92.3 cm³/mol. The number of carbonyl (C=O) groups is 1. The van der Waals surface area contributed by atoms with E-state index in [4.69, 9.17) is 0 Å². The van der Waals surface area contributed by atoms with Crippen LogP contribution in [0.2, 0.25) is 0 Å². The van der Waals surface area contributed by atoms with E-state index in [2.05, 4.69) is 4.98 Å². The summed E-state index contributed by atoms with van der Waals surface area (Å²) in [5.74, 6) is 0.156. The van der Waals surface area contributed by atoms with Crippen LogP contribution in [0.15, 0.2) is 36.5 Å². The van der Waals surface area contributed by atoms with Gasteiger partial charge in [0.15, 0.2) is 5.13 Å². The molecule has 1 amide bonds. The van der Waals surface area contributed by atoms with E-state index in [9.17, 15) is 14.9 Å². The van der Waals surface area contributed by atoms with Crippen molar-refractivity contribution in [3.8, 4) is 0 Å². The smallest absolute Gasteiger partial charge is 0.344 e. The Balaban J connectivity index is 1.49. The van der Waals surface area contributed by atoms with Gasteiger partial charge in [-0.2, -0.15) is 0 Å². The molecule has 0 spiro atoms. The van der Waals surface area contributed by atoms with Gasteiger partial charge in [0.25, 0.3) is 0 Å². The summed E-state index contributed by atoms with van der Waals surface area (Å²) in [6.45, 7) is 2.56. The van der Waals surface area contributed by atoms with Crippen LogP contribution in [0, 0.1) is 10.1 Å². The lowest BCUT2D eigenvalue weighted by molar-refractivity contribution is -0.380. The first kappa shape index (κ1) is 16.4. The number of benzene rings is 1. The molecule has 8 heteroatoms. The van der Waals surface area contributed by atoms with E-state index >= 15 is 0 Å². The first-order valence-electron chi connectivity index (χ1n) is 7.80. The zero-order valence-electron chi connectivity index (χ0n) is 13.1. The minimum absolute atomic E-state index is 0.0476. The third kappa shape index (κ3) is 3.88. The van der Waals surface area contributed by atoms with E-state index in [0.717, 1.165) is 17.8 Å². The average molecular weight is 346 g/mol. The van der Waals surface area contributed by atoms with Gasteiger partial charge in [0.2, 0.25) is 5.91 Å². The molecule has 0 bridgehead atoms. The van der Waals surface area contributed by atoms with Crippen molar-refractivity contribution in [1.82, 2.24) is 9.88 Å². The van der Waals surface area contributed by atoms with Gasteiger partial charge in [-0.25, -0.2) is 4.98 Å². The van der Waals surface area contributed by atoms with Crippen molar-refractivity contribution >= 4 is 27.4 Å². The molecule has 0 aliphatic carbocycles. The first-order chi connectivity index (χ1) is 11.6. The number of nitrogens with zero attached hydrogens (tertiary/aromatic N) is 4. The molecule has 1 saturated heterocycles. The molecule has 0 N–H and O–H groups in total. The lowest BCUT2D eigenvalue weighted by atomic mass is 10.1. The number of aromatic nitrogens is 1. The maximum Gasteiger partial charge on any atom is 0.345 e. The molecule has 1 fully saturated rings. The van der Waals surface area contributed by atoms with E-state index in [0.29, 0.717) is 37.7 Å². The summed E-state index contributed by atoms with van der Waals surface area (Å²) in [4.78, 5) is 30.6. The van der Waals surface area contributed by atoms with Gasteiger partial charge in [0, 0.05) is 32.6 Å². The molecule has 3 rings (SSSR count). The van der Waals surface area contributed by atoms with Gasteiger partial charge in [-0.05, 0) is 23.3 Å². The molecule has 2 aromatic rings. The van der Waals surface area contributed by atoms with Crippen LogP contribution >= 0.6 is 11.3 Å². The van der Waals surface area contributed by atoms with Crippen molar-refractivity contribution in [2.75, 3.05) is 31.1 Å². The van der Waals surface area contributed by atoms with Gasteiger partial charge in [-0.1, -0.05) is 30.3 Å². The van der Waals surface area contributed by atoms with Crippen LogP contribution in [-0.2, 0) is 11.2 Å². The standard InChI is InChI=1S/C16H18N4O3S/c21-14(7-6-13-4-2-1-3-5-13)18-8-10-19(11-9-18)16-17-12-15(24-16)20(22)23/h1-5,12H,6-11H2. The van der Waals surface area contributed by atoms with Crippen molar-refractivity contribution in [2.24, 2.45) is 0 Å². The second-order valence-electron chi connectivity index (χ2n) is 5.59. The summed E-state index contributed by atoms with van der Waals surface area (Å²) >= 11 is 1.08. The summed E-state index contributed by atoms with van der Waals surface area (Å²) in [6, 6.07) is 9.98. The van der Waals surface area contributed by atoms with Gasteiger partial charge in [-0.15, -0.1) is 0 Å². The average Bonchev–Trinajstić information content (AvgIpc) is 3.11. The first-order valence-corrected chi connectivity index (χ1v) is 8.62. The van der Waals surface area contributed by atoms with Crippen molar-refractivity contribution < 1.29 is 9.72 Å². The summed E-state index contributed by atoms with van der Waals surface area (Å²) in [7, 11) is 0. The molecule has 0 radical (unpaired) electrons. The predicted octanol–water partition coefficient (Wildman–Crippen LogP) is 2.33. The number of thiazole rings is 1. The Morgan fingerprint density at radius 1 is 1.21 bits per heavy atom. The number of rotatable bonds is 5. The number of anilines is 1. The maximum atomic E-state index is 12.3. The molecule has 126 valence electrons. The zero-order chi connectivity index (χ0) is 16.9. The molecule has 0 atom stereocenters. The SMILES string of the molecule is O=C(CCc1ccccc1)N1CCN(c2ncc([N+](=O)[O-])s2)CC1. The monoisotopic (exact) mass is 346 g/mol. The molecule has 1 aromatic carbocycles. The molecule has 2 heterocycles. The Labute approximate surface area is 143 Å². The van der Waals surface area contributed by atoms with Crippen molar-refractivity contribution in [3.63, 3.8) is 0 Å². The highest BCUT2D eigenvalue weighted by atomic mass is 32.1. The minimum Gasteiger partial charge on any atom is -0.344 e. The number of amides is 1.